The zero-order valence-electron chi connectivity index (χ0n) is 19.4. The Balaban J connectivity index is 1.73. The molecule has 0 saturated carbocycles. The van der Waals surface area contributed by atoms with E-state index in [1.807, 2.05) is 26.0 Å². The Bertz CT molecular complexity index is 1120. The van der Waals surface area contributed by atoms with Crippen molar-refractivity contribution in [1.82, 2.24) is 9.69 Å². The summed E-state index contributed by atoms with van der Waals surface area (Å²) in [7, 11) is 3.19. The van der Waals surface area contributed by atoms with Crippen LogP contribution in [0.15, 0.2) is 48.0 Å². The summed E-state index contributed by atoms with van der Waals surface area (Å²) in [4.78, 5) is 34.7. The molecule has 0 radical (unpaired) electrons. The first-order chi connectivity index (χ1) is 16.4. The second kappa shape index (κ2) is 12.0. The Morgan fingerprint density at radius 2 is 1.91 bits per heavy atom. The Kier molecular flexibility index (Phi) is 8.83. The standard InChI is InChI=1S/C24H27N3O6S/c1-15(2)27-23(28)20-9-16(13-32-33-24(29)18-12-26-34-14-18)5-8-21(20)25-11-17-6-7-19(30-3)10-22(17)31-4/h5-10,12,14-15,25H,11,13H2,1-4H3,(H,27,28). The minimum atomic E-state index is -0.627. The second-order valence-corrected chi connectivity index (χ2v) is 8.24. The van der Waals surface area contributed by atoms with Crippen LogP contribution in [-0.4, -0.2) is 36.5 Å². The molecule has 0 aliphatic rings. The Morgan fingerprint density at radius 3 is 2.59 bits per heavy atom. The molecule has 1 aromatic heterocycles. The van der Waals surface area contributed by atoms with Gasteiger partial charge >= 0.3 is 5.97 Å². The first-order valence-electron chi connectivity index (χ1n) is 10.5. The van der Waals surface area contributed by atoms with Gasteiger partial charge in [0.2, 0.25) is 0 Å². The normalized spacial score (nSPS) is 10.6. The van der Waals surface area contributed by atoms with E-state index in [4.69, 9.17) is 19.2 Å². The fourth-order valence-corrected chi connectivity index (χ4v) is 3.56. The summed E-state index contributed by atoms with van der Waals surface area (Å²) in [6.45, 7) is 4.19. The first kappa shape index (κ1) is 25.0. The fraction of sp³-hybridized carbons (Fsp3) is 0.292. The number of hydrogen-bond donors (Lipinski definition) is 2. The maximum Gasteiger partial charge on any atom is 0.375 e. The van der Waals surface area contributed by atoms with Crippen molar-refractivity contribution in [2.24, 2.45) is 0 Å². The summed E-state index contributed by atoms with van der Waals surface area (Å²) in [6, 6.07) is 10.8. The molecule has 3 rings (SSSR count). The first-order valence-corrected chi connectivity index (χ1v) is 11.4. The van der Waals surface area contributed by atoms with Gasteiger partial charge in [-0.1, -0.05) is 6.07 Å². The molecule has 9 nitrogen and oxygen atoms in total. The van der Waals surface area contributed by atoms with E-state index in [0.717, 1.165) is 17.1 Å². The highest BCUT2D eigenvalue weighted by Gasteiger charge is 2.15. The SMILES string of the molecule is COc1ccc(CNc2ccc(COOC(=O)c3cnsc3)cc2C(=O)NC(C)C)c(OC)c1. The number of anilines is 1. The molecule has 3 aromatic rings. The molecule has 0 aliphatic heterocycles. The lowest BCUT2D eigenvalue weighted by molar-refractivity contribution is -0.250. The van der Waals surface area contributed by atoms with Gasteiger partial charge in [-0.3, -0.25) is 9.68 Å². The highest BCUT2D eigenvalue weighted by atomic mass is 32.1. The van der Waals surface area contributed by atoms with Crippen molar-refractivity contribution >= 4 is 29.1 Å². The topological polar surface area (TPSA) is 108 Å². The van der Waals surface area contributed by atoms with E-state index in [2.05, 4.69) is 15.0 Å². The van der Waals surface area contributed by atoms with Gasteiger partial charge in [-0.2, -0.15) is 4.89 Å². The lowest BCUT2D eigenvalue weighted by Crippen LogP contribution is -2.30. The van der Waals surface area contributed by atoms with Gasteiger partial charge in [0.05, 0.1) is 31.5 Å². The van der Waals surface area contributed by atoms with Crippen LogP contribution in [0.3, 0.4) is 0 Å². The van der Waals surface area contributed by atoms with Gasteiger partial charge in [-0.15, -0.1) is 0 Å². The molecule has 1 amide bonds. The number of methoxy groups -OCH3 is 2. The van der Waals surface area contributed by atoms with E-state index < -0.39 is 5.97 Å². The maximum absolute atomic E-state index is 12.9. The molecule has 0 atom stereocenters. The van der Waals surface area contributed by atoms with Crippen molar-refractivity contribution < 1.29 is 28.8 Å². The third-order valence-corrected chi connectivity index (χ3v) is 5.33. The van der Waals surface area contributed by atoms with Gasteiger partial charge in [-0.05, 0) is 55.2 Å². The zero-order valence-corrected chi connectivity index (χ0v) is 20.2. The van der Waals surface area contributed by atoms with E-state index in [1.54, 1.807) is 43.9 Å². The Labute approximate surface area is 202 Å². The number of amides is 1. The number of hydrogen-bond acceptors (Lipinski definition) is 9. The lowest BCUT2D eigenvalue weighted by atomic mass is 10.1. The van der Waals surface area contributed by atoms with E-state index in [-0.39, 0.29) is 18.6 Å². The number of ether oxygens (including phenoxy) is 2. The van der Waals surface area contributed by atoms with E-state index in [1.165, 1.54) is 6.20 Å². The van der Waals surface area contributed by atoms with Crippen molar-refractivity contribution in [1.29, 1.82) is 0 Å². The average molecular weight is 486 g/mol. The number of nitrogens with zero attached hydrogens (tertiary/aromatic N) is 1. The van der Waals surface area contributed by atoms with Gasteiger partial charge in [0.15, 0.2) is 0 Å². The van der Waals surface area contributed by atoms with Crippen LogP contribution in [-0.2, 0) is 22.9 Å². The molecule has 34 heavy (non-hydrogen) atoms. The third kappa shape index (κ3) is 6.69. The largest absolute Gasteiger partial charge is 0.497 e. The third-order valence-electron chi connectivity index (χ3n) is 4.74. The lowest BCUT2D eigenvalue weighted by Gasteiger charge is -2.16. The maximum atomic E-state index is 12.9. The predicted octanol–water partition coefficient (Wildman–Crippen LogP) is 4.20. The molecule has 0 spiro atoms. The summed E-state index contributed by atoms with van der Waals surface area (Å²) >= 11 is 1.14. The van der Waals surface area contributed by atoms with Gasteiger partial charge in [0.25, 0.3) is 5.91 Å². The molecule has 10 heteroatoms. The van der Waals surface area contributed by atoms with Gasteiger partial charge in [0.1, 0.15) is 18.1 Å². The number of carbonyl (C=O) groups is 2. The van der Waals surface area contributed by atoms with E-state index >= 15 is 0 Å². The van der Waals surface area contributed by atoms with Crippen LogP contribution >= 0.6 is 11.5 Å². The van der Waals surface area contributed by atoms with Gasteiger partial charge < -0.3 is 20.1 Å². The van der Waals surface area contributed by atoms with E-state index in [0.29, 0.717) is 40.4 Å². The molecule has 2 N–H and O–H groups in total. The molecule has 1 heterocycles. The van der Waals surface area contributed by atoms with Crippen LogP contribution in [0.25, 0.3) is 0 Å². The minimum Gasteiger partial charge on any atom is -0.497 e. The molecule has 0 unspecified atom stereocenters. The number of carbonyl (C=O) groups excluding carboxylic acids is 2. The Morgan fingerprint density at radius 1 is 1.09 bits per heavy atom. The minimum absolute atomic E-state index is 0.0160. The molecule has 0 fully saturated rings. The fourth-order valence-electron chi connectivity index (χ4n) is 3.06. The van der Waals surface area contributed by atoms with Crippen LogP contribution < -0.4 is 20.1 Å². The molecule has 2 aromatic carbocycles. The average Bonchev–Trinajstić information content (AvgIpc) is 3.37. The van der Waals surface area contributed by atoms with Crippen molar-refractivity contribution in [3.63, 3.8) is 0 Å². The molecule has 0 aliphatic carbocycles. The number of nitrogens with one attached hydrogen (secondary N) is 2. The monoisotopic (exact) mass is 485 g/mol. The summed E-state index contributed by atoms with van der Waals surface area (Å²) in [5, 5.41) is 7.77. The van der Waals surface area contributed by atoms with Crippen molar-refractivity contribution in [2.45, 2.75) is 33.0 Å². The summed E-state index contributed by atoms with van der Waals surface area (Å²) in [5.74, 6) is 0.506. The smallest absolute Gasteiger partial charge is 0.375 e. The van der Waals surface area contributed by atoms with E-state index in [9.17, 15) is 9.59 Å². The number of benzene rings is 2. The molecular formula is C24H27N3O6S. The van der Waals surface area contributed by atoms with Crippen LogP contribution in [0.1, 0.15) is 45.7 Å². The highest BCUT2D eigenvalue weighted by molar-refractivity contribution is 7.03. The molecule has 180 valence electrons. The summed E-state index contributed by atoms with van der Waals surface area (Å²) in [6.07, 6.45) is 1.41. The second-order valence-electron chi connectivity index (χ2n) is 7.59. The van der Waals surface area contributed by atoms with Crippen LogP contribution in [0.4, 0.5) is 5.69 Å². The molecular weight excluding hydrogens is 458 g/mol. The van der Waals surface area contributed by atoms with Crippen molar-refractivity contribution in [2.75, 3.05) is 19.5 Å². The van der Waals surface area contributed by atoms with Gasteiger partial charge in [0, 0.05) is 35.3 Å². The summed E-state index contributed by atoms with van der Waals surface area (Å²) < 4.78 is 14.6. The molecule has 0 bridgehead atoms. The quantitative estimate of drug-likeness (QED) is 0.307. The number of rotatable bonds is 11. The summed E-state index contributed by atoms with van der Waals surface area (Å²) in [5.41, 5.74) is 2.96. The van der Waals surface area contributed by atoms with Crippen LogP contribution in [0, 0.1) is 0 Å². The van der Waals surface area contributed by atoms with Crippen LogP contribution in [0.2, 0.25) is 0 Å². The van der Waals surface area contributed by atoms with Crippen LogP contribution in [0.5, 0.6) is 11.5 Å². The molecule has 0 saturated heterocycles. The van der Waals surface area contributed by atoms with Crippen molar-refractivity contribution in [3.05, 3.63) is 70.2 Å². The Hall–Kier alpha value is -3.63. The number of aromatic nitrogens is 1. The van der Waals surface area contributed by atoms with Crippen molar-refractivity contribution in [3.8, 4) is 11.5 Å². The highest BCUT2D eigenvalue weighted by Crippen LogP contribution is 2.26. The predicted molar refractivity (Wildman–Crippen MR) is 128 cm³/mol. The van der Waals surface area contributed by atoms with Gasteiger partial charge in [-0.25, -0.2) is 9.17 Å². The zero-order chi connectivity index (χ0) is 24.5.